The maximum atomic E-state index is 14.4. The first-order valence-electron chi connectivity index (χ1n) is 5.22. The van der Waals surface area contributed by atoms with Crippen molar-refractivity contribution < 1.29 is 8.78 Å². The van der Waals surface area contributed by atoms with Crippen LogP contribution >= 0.6 is 11.6 Å². The Balaban J connectivity index is 2.34. The fourth-order valence-electron chi connectivity index (χ4n) is 2.16. The van der Waals surface area contributed by atoms with Crippen LogP contribution in [0, 0.1) is 0 Å². The van der Waals surface area contributed by atoms with Crippen LogP contribution in [0.25, 0.3) is 0 Å². The summed E-state index contributed by atoms with van der Waals surface area (Å²) in [5.41, 5.74) is -1.45. The SMILES string of the molecule is F[C@@H]1CCCC[C@@]1(F)c1cccc(Cl)c1. The van der Waals surface area contributed by atoms with Gasteiger partial charge in [0.15, 0.2) is 5.67 Å². The van der Waals surface area contributed by atoms with E-state index >= 15 is 0 Å². The largest absolute Gasteiger partial charge is 0.244 e. The smallest absolute Gasteiger partial charge is 0.167 e. The van der Waals surface area contributed by atoms with Gasteiger partial charge in [0.2, 0.25) is 0 Å². The molecule has 0 amide bonds. The molecule has 1 saturated carbocycles. The van der Waals surface area contributed by atoms with Crippen LogP contribution in [-0.4, -0.2) is 6.17 Å². The van der Waals surface area contributed by atoms with Crippen LogP contribution in [-0.2, 0) is 5.67 Å². The summed E-state index contributed by atoms with van der Waals surface area (Å²) in [5, 5.41) is 0.460. The van der Waals surface area contributed by atoms with Crippen molar-refractivity contribution in [1.29, 1.82) is 0 Å². The summed E-state index contributed by atoms with van der Waals surface area (Å²) in [5.74, 6) is 0. The zero-order valence-corrected chi connectivity index (χ0v) is 9.11. The van der Waals surface area contributed by atoms with Gasteiger partial charge >= 0.3 is 0 Å². The van der Waals surface area contributed by atoms with E-state index in [0.717, 1.165) is 12.8 Å². The maximum Gasteiger partial charge on any atom is 0.167 e. The Bertz CT molecular complexity index is 353. The van der Waals surface area contributed by atoms with Crippen LogP contribution in [0.4, 0.5) is 8.78 Å². The molecule has 0 N–H and O–H groups in total. The molecule has 0 unspecified atom stereocenters. The van der Waals surface area contributed by atoms with Crippen LogP contribution in [0.2, 0.25) is 5.02 Å². The third-order valence-corrected chi connectivity index (χ3v) is 3.28. The van der Waals surface area contributed by atoms with E-state index in [1.807, 2.05) is 0 Å². The van der Waals surface area contributed by atoms with Gasteiger partial charge in [-0.05, 0) is 37.0 Å². The second kappa shape index (κ2) is 4.09. The molecule has 0 aliphatic heterocycles. The lowest BCUT2D eigenvalue weighted by molar-refractivity contribution is 0.00864. The predicted octanol–water partition coefficient (Wildman–Crippen LogP) is 4.42. The lowest BCUT2D eigenvalue weighted by atomic mass is 9.80. The first kappa shape index (κ1) is 10.9. The van der Waals surface area contributed by atoms with Gasteiger partial charge in [0.25, 0.3) is 0 Å². The molecule has 1 aromatic carbocycles. The quantitative estimate of drug-likeness (QED) is 0.670. The number of hydrogen-bond acceptors (Lipinski definition) is 0. The second-order valence-corrected chi connectivity index (χ2v) is 4.52. The molecule has 0 bridgehead atoms. The van der Waals surface area contributed by atoms with Gasteiger partial charge in [-0.1, -0.05) is 30.2 Å². The summed E-state index contributed by atoms with van der Waals surface area (Å²) in [4.78, 5) is 0. The second-order valence-electron chi connectivity index (χ2n) is 4.09. The molecular weight excluding hydrogens is 218 g/mol. The van der Waals surface area contributed by atoms with Crippen molar-refractivity contribution in [3.63, 3.8) is 0 Å². The highest BCUT2D eigenvalue weighted by molar-refractivity contribution is 6.30. The standard InChI is InChI=1S/C12H13ClF2/c13-10-5-3-4-9(8-10)12(15)7-2-1-6-11(12)14/h3-5,8,11H,1-2,6-7H2/t11-,12-/m1/s1. The topological polar surface area (TPSA) is 0 Å². The summed E-state index contributed by atoms with van der Waals surface area (Å²) in [6.45, 7) is 0. The van der Waals surface area contributed by atoms with Crippen molar-refractivity contribution in [2.24, 2.45) is 0 Å². The van der Waals surface area contributed by atoms with Crippen LogP contribution in [0.1, 0.15) is 31.2 Å². The maximum absolute atomic E-state index is 14.4. The molecule has 15 heavy (non-hydrogen) atoms. The van der Waals surface area contributed by atoms with Gasteiger partial charge in [0.05, 0.1) is 0 Å². The fraction of sp³-hybridized carbons (Fsp3) is 0.500. The molecule has 2 rings (SSSR count). The molecule has 0 radical (unpaired) electrons. The summed E-state index contributed by atoms with van der Waals surface area (Å²) < 4.78 is 28.1. The first-order valence-corrected chi connectivity index (χ1v) is 5.60. The summed E-state index contributed by atoms with van der Waals surface area (Å²) in [7, 11) is 0. The third kappa shape index (κ3) is 2.00. The van der Waals surface area contributed by atoms with Gasteiger partial charge in [0.1, 0.15) is 6.17 Å². The molecule has 0 nitrogen and oxygen atoms in total. The highest BCUT2D eigenvalue weighted by Crippen LogP contribution is 2.43. The molecule has 0 heterocycles. The van der Waals surface area contributed by atoms with Crippen LogP contribution in [0.15, 0.2) is 24.3 Å². The molecule has 1 fully saturated rings. The number of rotatable bonds is 1. The number of halogens is 3. The molecule has 1 aliphatic rings. The molecule has 0 saturated heterocycles. The van der Waals surface area contributed by atoms with Crippen molar-refractivity contribution in [3.8, 4) is 0 Å². The van der Waals surface area contributed by atoms with E-state index in [1.165, 1.54) is 6.07 Å². The predicted molar refractivity (Wildman–Crippen MR) is 57.6 cm³/mol. The first-order chi connectivity index (χ1) is 7.13. The van der Waals surface area contributed by atoms with Gasteiger partial charge < -0.3 is 0 Å². The lowest BCUT2D eigenvalue weighted by Gasteiger charge is -2.33. The van der Waals surface area contributed by atoms with E-state index in [-0.39, 0.29) is 6.42 Å². The zero-order valence-electron chi connectivity index (χ0n) is 8.35. The van der Waals surface area contributed by atoms with Crippen molar-refractivity contribution in [2.45, 2.75) is 37.5 Å². The summed E-state index contributed by atoms with van der Waals surface area (Å²) in [6, 6.07) is 6.48. The van der Waals surface area contributed by atoms with Crippen molar-refractivity contribution in [1.82, 2.24) is 0 Å². The average molecular weight is 231 g/mol. The molecule has 1 aliphatic carbocycles. The van der Waals surface area contributed by atoms with Crippen molar-refractivity contribution in [2.75, 3.05) is 0 Å². The Labute approximate surface area is 93.2 Å². The summed E-state index contributed by atoms with van der Waals surface area (Å²) in [6.07, 6.45) is 0.679. The van der Waals surface area contributed by atoms with E-state index in [2.05, 4.69) is 0 Å². The van der Waals surface area contributed by atoms with Crippen LogP contribution in [0.3, 0.4) is 0 Å². The normalized spacial score (nSPS) is 31.5. The molecule has 82 valence electrons. The van der Waals surface area contributed by atoms with Gasteiger partial charge in [-0.3, -0.25) is 0 Å². The minimum atomic E-state index is -1.83. The number of alkyl halides is 2. The van der Waals surface area contributed by atoms with Crippen LogP contribution in [0.5, 0.6) is 0 Å². The molecular formula is C12H13ClF2. The monoisotopic (exact) mass is 230 g/mol. The molecule has 2 atom stereocenters. The molecule has 0 aromatic heterocycles. The van der Waals surface area contributed by atoms with E-state index in [4.69, 9.17) is 11.6 Å². The Kier molecular flexibility index (Phi) is 2.96. The zero-order chi connectivity index (χ0) is 10.9. The molecule has 1 aromatic rings. The molecule has 0 spiro atoms. The highest BCUT2D eigenvalue weighted by atomic mass is 35.5. The molecule has 3 heteroatoms. The fourth-order valence-corrected chi connectivity index (χ4v) is 2.35. The van der Waals surface area contributed by atoms with Gasteiger partial charge in [-0.15, -0.1) is 0 Å². The van der Waals surface area contributed by atoms with Gasteiger partial charge in [0, 0.05) is 5.02 Å². The van der Waals surface area contributed by atoms with Crippen LogP contribution < -0.4 is 0 Å². The van der Waals surface area contributed by atoms with Gasteiger partial charge in [-0.2, -0.15) is 0 Å². The minimum absolute atomic E-state index is 0.258. The van der Waals surface area contributed by atoms with Crippen molar-refractivity contribution >= 4 is 11.6 Å². The summed E-state index contributed by atoms with van der Waals surface area (Å²) >= 11 is 5.78. The van der Waals surface area contributed by atoms with Gasteiger partial charge in [-0.25, -0.2) is 8.78 Å². The third-order valence-electron chi connectivity index (χ3n) is 3.05. The number of hydrogen-bond donors (Lipinski definition) is 0. The lowest BCUT2D eigenvalue weighted by Crippen LogP contribution is -2.35. The minimum Gasteiger partial charge on any atom is -0.244 e. The highest BCUT2D eigenvalue weighted by Gasteiger charge is 2.43. The van der Waals surface area contributed by atoms with E-state index in [1.54, 1.807) is 18.2 Å². The Morgan fingerprint density at radius 2 is 2.13 bits per heavy atom. The Hall–Kier alpha value is -0.630. The Morgan fingerprint density at radius 1 is 1.33 bits per heavy atom. The van der Waals surface area contributed by atoms with E-state index < -0.39 is 11.8 Å². The number of benzene rings is 1. The van der Waals surface area contributed by atoms with E-state index in [0.29, 0.717) is 17.0 Å². The van der Waals surface area contributed by atoms with Crippen molar-refractivity contribution in [3.05, 3.63) is 34.9 Å². The average Bonchev–Trinajstić information content (AvgIpc) is 2.23. The van der Waals surface area contributed by atoms with E-state index in [9.17, 15) is 8.78 Å². The Morgan fingerprint density at radius 3 is 2.80 bits per heavy atom.